The van der Waals surface area contributed by atoms with Gasteiger partial charge in [0.25, 0.3) is 0 Å². The zero-order chi connectivity index (χ0) is 14.9. The van der Waals surface area contributed by atoms with Gasteiger partial charge in [0, 0.05) is 56.1 Å². The largest absolute Gasteiger partial charge is 0.381 e. The Morgan fingerprint density at radius 1 is 1.19 bits per heavy atom. The molecule has 2 aliphatic rings. The monoisotopic (exact) mass is 309 g/mol. The summed E-state index contributed by atoms with van der Waals surface area (Å²) in [4.78, 5) is 4.98. The lowest BCUT2D eigenvalue weighted by Gasteiger charge is -2.55. The molecule has 1 heterocycles. The zero-order valence-electron chi connectivity index (χ0n) is 12.6. The maximum Gasteiger partial charge on any atom is 0.0607 e. The molecule has 5 heteroatoms. The average Bonchev–Trinajstić information content (AvgIpc) is 2.49. The second kappa shape index (κ2) is 6.13. The first kappa shape index (κ1) is 15.1. The van der Waals surface area contributed by atoms with Crippen molar-refractivity contribution in [3.05, 3.63) is 29.3 Å². The summed E-state index contributed by atoms with van der Waals surface area (Å²) in [5.41, 5.74) is 7.48. The van der Waals surface area contributed by atoms with Crippen LogP contribution in [0.25, 0.3) is 0 Å². The highest BCUT2D eigenvalue weighted by Gasteiger charge is 2.48. The van der Waals surface area contributed by atoms with Crippen LogP contribution in [0.2, 0.25) is 5.02 Å². The lowest BCUT2D eigenvalue weighted by Crippen LogP contribution is -2.67. The summed E-state index contributed by atoms with van der Waals surface area (Å²) in [6.45, 7) is 4.95. The van der Waals surface area contributed by atoms with Crippen molar-refractivity contribution < 1.29 is 4.74 Å². The van der Waals surface area contributed by atoms with Crippen molar-refractivity contribution in [2.45, 2.75) is 24.5 Å². The summed E-state index contributed by atoms with van der Waals surface area (Å²) in [7, 11) is 1.80. The Hall–Kier alpha value is -0.810. The molecule has 0 spiro atoms. The van der Waals surface area contributed by atoms with E-state index in [9.17, 15) is 0 Å². The number of anilines is 1. The van der Waals surface area contributed by atoms with Gasteiger partial charge in [0.2, 0.25) is 0 Å². The van der Waals surface area contributed by atoms with Gasteiger partial charge in [-0.05, 0) is 37.1 Å². The highest BCUT2D eigenvalue weighted by molar-refractivity contribution is 6.30. The molecular weight excluding hydrogens is 286 g/mol. The molecule has 1 aromatic carbocycles. The number of halogens is 1. The molecule has 1 saturated carbocycles. The van der Waals surface area contributed by atoms with E-state index in [4.69, 9.17) is 22.1 Å². The fraction of sp³-hybridized carbons (Fsp3) is 0.625. The fourth-order valence-corrected chi connectivity index (χ4v) is 3.73. The molecule has 116 valence electrons. The first-order valence-electron chi connectivity index (χ1n) is 7.65. The van der Waals surface area contributed by atoms with Crippen molar-refractivity contribution >= 4 is 17.3 Å². The summed E-state index contributed by atoms with van der Waals surface area (Å²) in [6.07, 6.45) is 2.53. The van der Waals surface area contributed by atoms with Crippen molar-refractivity contribution in [1.82, 2.24) is 4.90 Å². The molecule has 1 aliphatic heterocycles. The Morgan fingerprint density at radius 2 is 1.81 bits per heavy atom. The van der Waals surface area contributed by atoms with Crippen molar-refractivity contribution in [3.8, 4) is 0 Å². The molecule has 0 bridgehead atoms. The third-order valence-electron chi connectivity index (χ3n) is 5.07. The summed E-state index contributed by atoms with van der Waals surface area (Å²) in [6, 6.07) is 8.11. The SMILES string of the molecule is COC1CC(CN)(N2CCN(c3ccc(Cl)cc3)CC2)C1. The van der Waals surface area contributed by atoms with Crippen LogP contribution in [0.3, 0.4) is 0 Å². The van der Waals surface area contributed by atoms with Crippen LogP contribution in [0.4, 0.5) is 5.69 Å². The third kappa shape index (κ3) is 2.90. The predicted octanol–water partition coefficient (Wildman–Crippen LogP) is 1.97. The van der Waals surface area contributed by atoms with Gasteiger partial charge in [-0.1, -0.05) is 11.6 Å². The Labute approximate surface area is 131 Å². The van der Waals surface area contributed by atoms with Gasteiger partial charge >= 0.3 is 0 Å². The summed E-state index contributed by atoms with van der Waals surface area (Å²) < 4.78 is 5.43. The van der Waals surface area contributed by atoms with E-state index in [1.54, 1.807) is 7.11 Å². The number of methoxy groups -OCH3 is 1. The third-order valence-corrected chi connectivity index (χ3v) is 5.32. The van der Waals surface area contributed by atoms with E-state index in [2.05, 4.69) is 21.9 Å². The number of hydrogen-bond acceptors (Lipinski definition) is 4. The van der Waals surface area contributed by atoms with E-state index in [0.717, 1.165) is 50.6 Å². The molecule has 21 heavy (non-hydrogen) atoms. The number of hydrogen-bond donors (Lipinski definition) is 1. The van der Waals surface area contributed by atoms with Gasteiger partial charge < -0.3 is 15.4 Å². The van der Waals surface area contributed by atoms with E-state index in [1.165, 1.54) is 5.69 Å². The summed E-state index contributed by atoms with van der Waals surface area (Å²) >= 11 is 5.95. The van der Waals surface area contributed by atoms with E-state index in [-0.39, 0.29) is 5.54 Å². The summed E-state index contributed by atoms with van der Waals surface area (Å²) in [5, 5.41) is 0.791. The fourth-order valence-electron chi connectivity index (χ4n) is 3.60. The number of rotatable bonds is 4. The van der Waals surface area contributed by atoms with Gasteiger partial charge in [0.15, 0.2) is 0 Å². The minimum absolute atomic E-state index is 0.173. The van der Waals surface area contributed by atoms with Crippen molar-refractivity contribution in [1.29, 1.82) is 0 Å². The van der Waals surface area contributed by atoms with Gasteiger partial charge in [0.05, 0.1) is 6.10 Å². The highest BCUT2D eigenvalue weighted by atomic mass is 35.5. The highest BCUT2D eigenvalue weighted by Crippen LogP contribution is 2.39. The Balaban J connectivity index is 1.59. The maximum absolute atomic E-state index is 6.05. The van der Waals surface area contributed by atoms with Crippen LogP contribution in [0.5, 0.6) is 0 Å². The van der Waals surface area contributed by atoms with Gasteiger partial charge in [-0.15, -0.1) is 0 Å². The van der Waals surface area contributed by atoms with Crippen LogP contribution in [0.1, 0.15) is 12.8 Å². The summed E-state index contributed by atoms with van der Waals surface area (Å²) in [5.74, 6) is 0. The van der Waals surface area contributed by atoms with Crippen LogP contribution < -0.4 is 10.6 Å². The van der Waals surface area contributed by atoms with E-state index >= 15 is 0 Å². The van der Waals surface area contributed by atoms with E-state index in [1.807, 2.05) is 12.1 Å². The van der Waals surface area contributed by atoms with Gasteiger partial charge in [0.1, 0.15) is 0 Å². The van der Waals surface area contributed by atoms with Gasteiger partial charge in [-0.25, -0.2) is 0 Å². The number of nitrogens with two attached hydrogens (primary N) is 1. The smallest absolute Gasteiger partial charge is 0.0607 e. The molecule has 0 unspecified atom stereocenters. The van der Waals surface area contributed by atoms with Crippen LogP contribution in [0, 0.1) is 0 Å². The minimum atomic E-state index is 0.173. The molecule has 0 atom stereocenters. The van der Waals surface area contributed by atoms with E-state index < -0.39 is 0 Å². The second-order valence-electron chi connectivity index (χ2n) is 6.14. The second-order valence-corrected chi connectivity index (χ2v) is 6.58. The normalized spacial score (nSPS) is 30.2. The first-order valence-corrected chi connectivity index (χ1v) is 8.03. The van der Waals surface area contributed by atoms with E-state index in [0.29, 0.717) is 6.10 Å². The van der Waals surface area contributed by atoms with Crippen LogP contribution in [-0.2, 0) is 4.74 Å². The molecular formula is C16H24ClN3O. The number of benzene rings is 1. The van der Waals surface area contributed by atoms with Crippen LogP contribution in [0.15, 0.2) is 24.3 Å². The number of piperazine rings is 1. The molecule has 2 N–H and O–H groups in total. The predicted molar refractivity (Wildman–Crippen MR) is 87.1 cm³/mol. The van der Waals surface area contributed by atoms with Crippen LogP contribution >= 0.6 is 11.6 Å². The number of ether oxygens (including phenoxy) is 1. The van der Waals surface area contributed by atoms with Crippen molar-refractivity contribution in [2.75, 3.05) is 44.7 Å². The van der Waals surface area contributed by atoms with Gasteiger partial charge in [-0.3, -0.25) is 4.90 Å². The molecule has 0 radical (unpaired) electrons. The number of nitrogens with zero attached hydrogens (tertiary/aromatic N) is 2. The Bertz CT molecular complexity index is 465. The zero-order valence-corrected chi connectivity index (χ0v) is 13.4. The maximum atomic E-state index is 6.05. The van der Waals surface area contributed by atoms with Gasteiger partial charge in [-0.2, -0.15) is 0 Å². The van der Waals surface area contributed by atoms with Crippen molar-refractivity contribution in [3.63, 3.8) is 0 Å². The molecule has 1 aliphatic carbocycles. The molecule has 0 aromatic heterocycles. The average molecular weight is 310 g/mol. The molecule has 3 rings (SSSR count). The molecule has 2 fully saturated rings. The topological polar surface area (TPSA) is 41.7 Å². The van der Waals surface area contributed by atoms with Crippen LogP contribution in [-0.4, -0.2) is 56.4 Å². The lowest BCUT2D eigenvalue weighted by molar-refractivity contribution is -0.0885. The molecule has 1 saturated heterocycles. The standard InChI is InChI=1S/C16H24ClN3O/c1-21-15-10-16(11-15,12-18)20-8-6-19(7-9-20)14-4-2-13(17)3-5-14/h2-5,15H,6-12,18H2,1H3. The molecule has 0 amide bonds. The molecule has 4 nitrogen and oxygen atoms in total. The minimum Gasteiger partial charge on any atom is -0.381 e. The lowest BCUT2D eigenvalue weighted by atomic mass is 9.72. The Morgan fingerprint density at radius 3 is 2.33 bits per heavy atom. The quantitative estimate of drug-likeness (QED) is 0.923. The first-order chi connectivity index (χ1) is 10.2. The Kier molecular flexibility index (Phi) is 4.41. The van der Waals surface area contributed by atoms with Crippen molar-refractivity contribution in [2.24, 2.45) is 5.73 Å². The molecule has 1 aromatic rings.